The maximum absolute atomic E-state index is 13.0. The molecule has 0 unspecified atom stereocenters. The lowest BCUT2D eigenvalue weighted by Gasteiger charge is -2.16. The van der Waals surface area contributed by atoms with Crippen LogP contribution < -0.4 is 22.5 Å². The minimum atomic E-state index is -0.743. The molecule has 0 aliphatic heterocycles. The van der Waals surface area contributed by atoms with E-state index in [-0.39, 0.29) is 41.7 Å². The van der Waals surface area contributed by atoms with Gasteiger partial charge in [-0.05, 0) is 18.1 Å². The highest BCUT2D eigenvalue weighted by atomic mass is 32.2. The first-order valence-corrected chi connectivity index (χ1v) is 11.0. The van der Waals surface area contributed by atoms with Crippen molar-refractivity contribution < 1.29 is 4.79 Å². The van der Waals surface area contributed by atoms with E-state index >= 15 is 0 Å². The molecule has 0 saturated heterocycles. The molecule has 0 aliphatic carbocycles. The summed E-state index contributed by atoms with van der Waals surface area (Å²) in [5.74, 6) is -0.785. The summed E-state index contributed by atoms with van der Waals surface area (Å²) in [6.07, 6.45) is 1.57. The van der Waals surface area contributed by atoms with Crippen LogP contribution in [0.15, 0.2) is 56.5 Å². The number of nitrogen functional groups attached to an aromatic ring is 1. The lowest BCUT2D eigenvalue weighted by atomic mass is 10.2. The van der Waals surface area contributed by atoms with Gasteiger partial charge in [0.25, 0.3) is 11.1 Å². The Bertz CT molecular complexity index is 1380. The Labute approximate surface area is 188 Å². The van der Waals surface area contributed by atoms with Crippen molar-refractivity contribution in [3.8, 4) is 0 Å². The fourth-order valence-electron chi connectivity index (χ4n) is 3.34. The molecule has 0 saturated carbocycles. The van der Waals surface area contributed by atoms with Gasteiger partial charge in [0.1, 0.15) is 11.4 Å². The number of allylic oxidation sites excluding steroid dienone is 1. The van der Waals surface area contributed by atoms with Crippen LogP contribution in [-0.2, 0) is 20.1 Å². The lowest BCUT2D eigenvalue weighted by molar-refractivity contribution is 0.102. The normalized spacial score (nSPS) is 11.2. The molecular formula is C22H25N5O4S. The molecule has 0 aliphatic rings. The Hall–Kier alpha value is -3.40. The SMILES string of the molecule is C=CCn1c(SCC(=O)c2c(N)n(CC(C)C)c(=O)n(C)c2=O)nc2ccccc2c1=O. The van der Waals surface area contributed by atoms with Gasteiger partial charge < -0.3 is 5.73 Å². The van der Waals surface area contributed by atoms with E-state index in [0.29, 0.717) is 16.1 Å². The number of hydrogen-bond acceptors (Lipinski definition) is 7. The molecule has 10 heteroatoms. The van der Waals surface area contributed by atoms with Crippen molar-refractivity contribution in [1.82, 2.24) is 18.7 Å². The van der Waals surface area contributed by atoms with Crippen LogP contribution in [0.1, 0.15) is 24.2 Å². The van der Waals surface area contributed by atoms with E-state index in [0.717, 1.165) is 16.3 Å². The third-order valence-corrected chi connectivity index (χ3v) is 5.86. The number of nitrogens with zero attached hydrogens (tertiary/aromatic N) is 4. The molecule has 0 fully saturated rings. The van der Waals surface area contributed by atoms with Gasteiger partial charge in [0.15, 0.2) is 10.9 Å². The van der Waals surface area contributed by atoms with Gasteiger partial charge in [-0.25, -0.2) is 9.78 Å². The summed E-state index contributed by atoms with van der Waals surface area (Å²) in [5, 5.41) is 0.789. The zero-order chi connectivity index (χ0) is 23.6. The predicted molar refractivity (Wildman–Crippen MR) is 126 cm³/mol. The molecule has 0 bridgehead atoms. The maximum atomic E-state index is 13.0. The minimum Gasteiger partial charge on any atom is -0.384 e. The first kappa shape index (κ1) is 23.3. The fraction of sp³-hybridized carbons (Fsp3) is 0.318. The van der Waals surface area contributed by atoms with Gasteiger partial charge in [-0.3, -0.25) is 28.1 Å². The molecule has 0 amide bonds. The minimum absolute atomic E-state index is 0.0833. The number of aromatic nitrogens is 4. The Balaban J connectivity index is 2.02. The third kappa shape index (κ3) is 4.31. The van der Waals surface area contributed by atoms with Crippen LogP contribution in [0.3, 0.4) is 0 Å². The number of para-hydroxylation sites is 1. The molecular weight excluding hydrogens is 430 g/mol. The van der Waals surface area contributed by atoms with E-state index < -0.39 is 17.0 Å². The van der Waals surface area contributed by atoms with Crippen LogP contribution in [0.2, 0.25) is 0 Å². The molecule has 3 aromatic rings. The average Bonchev–Trinajstić information content (AvgIpc) is 2.76. The summed E-state index contributed by atoms with van der Waals surface area (Å²) in [7, 11) is 1.32. The average molecular weight is 456 g/mol. The second-order valence-electron chi connectivity index (χ2n) is 7.74. The van der Waals surface area contributed by atoms with Crippen molar-refractivity contribution in [2.24, 2.45) is 13.0 Å². The van der Waals surface area contributed by atoms with Gasteiger partial charge >= 0.3 is 5.69 Å². The molecule has 2 heterocycles. The lowest BCUT2D eigenvalue weighted by Crippen LogP contribution is -2.43. The molecule has 0 atom stereocenters. The highest BCUT2D eigenvalue weighted by Crippen LogP contribution is 2.20. The molecule has 9 nitrogen and oxygen atoms in total. The number of benzene rings is 1. The number of thioether (sulfide) groups is 1. The van der Waals surface area contributed by atoms with Crippen LogP contribution in [0.25, 0.3) is 10.9 Å². The van der Waals surface area contributed by atoms with Crippen molar-refractivity contribution in [3.63, 3.8) is 0 Å². The molecule has 3 rings (SSSR count). The summed E-state index contributed by atoms with van der Waals surface area (Å²) in [6, 6.07) is 6.93. The van der Waals surface area contributed by atoms with Crippen molar-refractivity contribution in [2.45, 2.75) is 32.1 Å². The zero-order valence-corrected chi connectivity index (χ0v) is 19.0. The van der Waals surface area contributed by atoms with Gasteiger partial charge in [-0.2, -0.15) is 0 Å². The summed E-state index contributed by atoms with van der Waals surface area (Å²) in [6.45, 7) is 7.98. The molecule has 0 spiro atoms. The van der Waals surface area contributed by atoms with Crippen LogP contribution >= 0.6 is 11.8 Å². The van der Waals surface area contributed by atoms with Gasteiger partial charge in [0.2, 0.25) is 0 Å². The number of fused-ring (bicyclic) bond motifs is 1. The Kier molecular flexibility index (Phi) is 6.83. The Morgan fingerprint density at radius 2 is 1.88 bits per heavy atom. The Morgan fingerprint density at radius 1 is 1.19 bits per heavy atom. The van der Waals surface area contributed by atoms with Gasteiger partial charge in [-0.1, -0.05) is 43.8 Å². The number of carbonyl (C=O) groups is 1. The molecule has 32 heavy (non-hydrogen) atoms. The van der Waals surface area contributed by atoms with Crippen molar-refractivity contribution >= 4 is 34.3 Å². The van der Waals surface area contributed by atoms with Crippen molar-refractivity contribution in [2.75, 3.05) is 11.5 Å². The molecule has 2 aromatic heterocycles. The second kappa shape index (κ2) is 9.39. The molecule has 0 radical (unpaired) electrons. The number of anilines is 1. The third-order valence-electron chi connectivity index (χ3n) is 4.88. The summed E-state index contributed by atoms with van der Waals surface area (Å²) in [4.78, 5) is 55.5. The highest BCUT2D eigenvalue weighted by molar-refractivity contribution is 7.99. The van der Waals surface area contributed by atoms with E-state index in [1.54, 1.807) is 30.3 Å². The van der Waals surface area contributed by atoms with Crippen LogP contribution in [0, 0.1) is 5.92 Å². The number of Topliss-reactive ketones (excluding diaryl/α,β-unsaturated/α-hetero) is 1. The summed E-state index contributed by atoms with van der Waals surface area (Å²) < 4.78 is 3.55. The molecule has 168 valence electrons. The quantitative estimate of drug-likeness (QED) is 0.237. The van der Waals surface area contributed by atoms with Gasteiger partial charge in [-0.15, -0.1) is 6.58 Å². The van der Waals surface area contributed by atoms with Crippen LogP contribution in [0.5, 0.6) is 0 Å². The number of nitrogens with two attached hydrogens (primary N) is 1. The number of hydrogen-bond donors (Lipinski definition) is 1. The van der Waals surface area contributed by atoms with Gasteiger partial charge in [0, 0.05) is 20.1 Å². The van der Waals surface area contributed by atoms with Crippen molar-refractivity contribution in [1.29, 1.82) is 0 Å². The number of ketones is 1. The zero-order valence-electron chi connectivity index (χ0n) is 18.2. The second-order valence-corrected chi connectivity index (χ2v) is 8.68. The first-order chi connectivity index (χ1) is 15.2. The summed E-state index contributed by atoms with van der Waals surface area (Å²) >= 11 is 1.03. The molecule has 2 N–H and O–H groups in total. The monoisotopic (exact) mass is 455 g/mol. The topological polar surface area (TPSA) is 122 Å². The molecule has 1 aromatic carbocycles. The van der Waals surface area contributed by atoms with Crippen LogP contribution in [-0.4, -0.2) is 30.2 Å². The Morgan fingerprint density at radius 3 is 2.53 bits per heavy atom. The van der Waals surface area contributed by atoms with Crippen LogP contribution in [0.4, 0.5) is 5.82 Å². The standard InChI is InChI=1S/C22H25N5O4S/c1-5-10-26-19(29)14-8-6-7-9-15(14)24-21(26)32-12-16(28)17-18(23)27(11-13(2)3)22(31)25(4)20(17)30/h5-9,13H,1,10-12,23H2,2-4H3. The van der Waals surface area contributed by atoms with E-state index in [9.17, 15) is 19.2 Å². The van der Waals surface area contributed by atoms with E-state index in [1.807, 2.05) is 13.8 Å². The largest absolute Gasteiger partial charge is 0.384 e. The summed E-state index contributed by atoms with van der Waals surface area (Å²) in [5.41, 5.74) is 4.80. The van der Waals surface area contributed by atoms with Gasteiger partial charge in [0.05, 0.1) is 16.7 Å². The fourth-order valence-corrected chi connectivity index (χ4v) is 4.22. The van der Waals surface area contributed by atoms with E-state index in [4.69, 9.17) is 5.73 Å². The predicted octanol–water partition coefficient (Wildman–Crippen LogP) is 1.66. The maximum Gasteiger partial charge on any atom is 0.332 e. The number of carbonyl (C=O) groups excluding carboxylic acids is 1. The number of rotatable bonds is 8. The van der Waals surface area contributed by atoms with E-state index in [2.05, 4.69) is 11.6 Å². The highest BCUT2D eigenvalue weighted by Gasteiger charge is 2.23. The smallest absolute Gasteiger partial charge is 0.332 e. The first-order valence-electron chi connectivity index (χ1n) is 10.0. The van der Waals surface area contributed by atoms with E-state index in [1.165, 1.54) is 16.2 Å². The van der Waals surface area contributed by atoms with Crippen molar-refractivity contribution in [3.05, 3.63) is 73.7 Å².